The molecule has 1 aliphatic heterocycles. The quantitative estimate of drug-likeness (QED) is 0.848. The van der Waals surface area contributed by atoms with Gasteiger partial charge in [0, 0.05) is 23.8 Å². The zero-order valence-electron chi connectivity index (χ0n) is 12.9. The minimum absolute atomic E-state index is 0.0332. The normalized spacial score (nSPS) is 15.7. The van der Waals surface area contributed by atoms with E-state index < -0.39 is 0 Å². The number of aryl methyl sites for hydroxylation is 1. The highest BCUT2D eigenvalue weighted by Crippen LogP contribution is 2.18. The molecule has 116 valence electrons. The molecule has 1 aromatic heterocycles. The second-order valence-corrected chi connectivity index (χ2v) is 6.60. The molecule has 5 heteroatoms. The van der Waals surface area contributed by atoms with E-state index in [1.165, 1.54) is 0 Å². The van der Waals surface area contributed by atoms with Gasteiger partial charge in [0.2, 0.25) is 0 Å². The summed E-state index contributed by atoms with van der Waals surface area (Å²) in [5.41, 5.74) is 1.71. The summed E-state index contributed by atoms with van der Waals surface area (Å²) >= 11 is 1.97. The summed E-state index contributed by atoms with van der Waals surface area (Å²) in [6.45, 7) is 4.97. The van der Waals surface area contributed by atoms with Crippen molar-refractivity contribution >= 4 is 23.5 Å². The Balaban J connectivity index is 2.10. The van der Waals surface area contributed by atoms with Gasteiger partial charge in [-0.3, -0.25) is 4.79 Å². The number of carbonyl (C=O) groups excluding carboxylic acids is 1. The molecule has 0 aliphatic carbocycles. The van der Waals surface area contributed by atoms with Gasteiger partial charge in [0.1, 0.15) is 5.82 Å². The summed E-state index contributed by atoms with van der Waals surface area (Å²) in [4.78, 5) is 17.0. The Morgan fingerprint density at radius 2 is 2.10 bits per heavy atom. The van der Waals surface area contributed by atoms with Crippen molar-refractivity contribution in [3.8, 4) is 0 Å². The maximum Gasteiger partial charge on any atom is 0.251 e. The molecule has 1 aliphatic rings. The van der Waals surface area contributed by atoms with Gasteiger partial charge in [0.15, 0.2) is 0 Å². The van der Waals surface area contributed by atoms with Crippen LogP contribution in [0.3, 0.4) is 0 Å². The van der Waals surface area contributed by atoms with Crippen LogP contribution in [0.1, 0.15) is 49.2 Å². The molecule has 21 heavy (non-hydrogen) atoms. The Hall–Kier alpha value is -1.23. The zero-order valence-corrected chi connectivity index (χ0v) is 13.8. The second kappa shape index (κ2) is 8.27. The molecule has 1 saturated heterocycles. The van der Waals surface area contributed by atoms with Crippen molar-refractivity contribution in [3.63, 3.8) is 0 Å². The summed E-state index contributed by atoms with van der Waals surface area (Å²) in [6, 6.07) is 4.11. The van der Waals surface area contributed by atoms with Crippen LogP contribution in [-0.2, 0) is 6.42 Å². The van der Waals surface area contributed by atoms with E-state index in [9.17, 15) is 4.79 Å². The number of carbonyl (C=O) groups is 1. The summed E-state index contributed by atoms with van der Waals surface area (Å²) in [6.07, 6.45) is 4.08. The standard InChI is InChI=1S/C16H25N3OS/c1-3-5-14-10-12(11-15(18-14)17-4-2)16(20)19-13-6-8-21-9-7-13/h10-11,13H,3-9H2,1-2H3,(H,17,18)(H,19,20). The highest BCUT2D eigenvalue weighted by molar-refractivity contribution is 7.99. The molecule has 0 saturated carbocycles. The Labute approximate surface area is 131 Å². The van der Waals surface area contributed by atoms with Crippen LogP contribution in [-0.4, -0.2) is 35.0 Å². The molecule has 0 atom stereocenters. The predicted molar refractivity (Wildman–Crippen MR) is 90.2 cm³/mol. The van der Waals surface area contributed by atoms with Gasteiger partial charge in [-0.05, 0) is 49.8 Å². The fourth-order valence-electron chi connectivity index (χ4n) is 2.49. The summed E-state index contributed by atoms with van der Waals surface area (Å²) in [7, 11) is 0. The fourth-order valence-corrected chi connectivity index (χ4v) is 3.59. The zero-order chi connectivity index (χ0) is 15.1. The third-order valence-electron chi connectivity index (χ3n) is 3.56. The largest absolute Gasteiger partial charge is 0.370 e. The number of anilines is 1. The van der Waals surface area contributed by atoms with Gasteiger partial charge in [-0.1, -0.05) is 13.3 Å². The molecule has 1 amide bonds. The summed E-state index contributed by atoms with van der Waals surface area (Å²) < 4.78 is 0. The summed E-state index contributed by atoms with van der Waals surface area (Å²) in [5.74, 6) is 3.12. The van der Waals surface area contributed by atoms with Gasteiger partial charge < -0.3 is 10.6 Å². The Morgan fingerprint density at radius 1 is 1.33 bits per heavy atom. The number of thioether (sulfide) groups is 1. The first-order chi connectivity index (χ1) is 10.2. The van der Waals surface area contributed by atoms with Crippen molar-refractivity contribution in [1.82, 2.24) is 10.3 Å². The first-order valence-electron chi connectivity index (χ1n) is 7.86. The molecule has 1 aromatic rings. The molecule has 0 radical (unpaired) electrons. The molecule has 0 unspecified atom stereocenters. The number of amides is 1. The summed E-state index contributed by atoms with van der Waals surface area (Å²) in [5, 5.41) is 6.38. The topological polar surface area (TPSA) is 54.0 Å². The van der Waals surface area contributed by atoms with Crippen molar-refractivity contribution in [3.05, 3.63) is 23.4 Å². The molecule has 4 nitrogen and oxygen atoms in total. The smallest absolute Gasteiger partial charge is 0.251 e. The van der Waals surface area contributed by atoms with Gasteiger partial charge in [-0.25, -0.2) is 4.98 Å². The average molecular weight is 307 g/mol. The van der Waals surface area contributed by atoms with Gasteiger partial charge >= 0.3 is 0 Å². The first-order valence-corrected chi connectivity index (χ1v) is 9.01. The van der Waals surface area contributed by atoms with Gasteiger partial charge in [0.25, 0.3) is 5.91 Å². The minimum Gasteiger partial charge on any atom is -0.370 e. The van der Waals surface area contributed by atoms with E-state index in [-0.39, 0.29) is 5.91 Å². The van der Waals surface area contributed by atoms with Crippen LogP contribution >= 0.6 is 11.8 Å². The lowest BCUT2D eigenvalue weighted by Gasteiger charge is -2.22. The van der Waals surface area contributed by atoms with E-state index >= 15 is 0 Å². The minimum atomic E-state index is 0.0332. The molecule has 0 spiro atoms. The van der Waals surface area contributed by atoms with Crippen LogP contribution in [0.5, 0.6) is 0 Å². The van der Waals surface area contributed by atoms with E-state index in [0.29, 0.717) is 6.04 Å². The predicted octanol–water partition coefficient (Wildman–Crippen LogP) is 3.09. The number of hydrogen-bond donors (Lipinski definition) is 2. The van der Waals surface area contributed by atoms with E-state index in [1.807, 2.05) is 30.8 Å². The van der Waals surface area contributed by atoms with Crippen molar-refractivity contribution in [1.29, 1.82) is 0 Å². The maximum atomic E-state index is 12.5. The van der Waals surface area contributed by atoms with Crippen LogP contribution in [0.15, 0.2) is 12.1 Å². The van der Waals surface area contributed by atoms with Crippen LogP contribution in [0.2, 0.25) is 0 Å². The van der Waals surface area contributed by atoms with Gasteiger partial charge in [-0.2, -0.15) is 11.8 Å². The number of hydrogen-bond acceptors (Lipinski definition) is 4. The highest BCUT2D eigenvalue weighted by atomic mass is 32.2. The fraction of sp³-hybridized carbons (Fsp3) is 0.625. The van der Waals surface area contributed by atoms with Crippen molar-refractivity contribution in [2.75, 3.05) is 23.4 Å². The van der Waals surface area contributed by atoms with Crippen LogP contribution < -0.4 is 10.6 Å². The first kappa shape index (κ1) is 16.1. The van der Waals surface area contributed by atoms with E-state index in [4.69, 9.17) is 0 Å². The molecular formula is C16H25N3OS. The van der Waals surface area contributed by atoms with Crippen molar-refractivity contribution in [2.24, 2.45) is 0 Å². The third kappa shape index (κ3) is 4.92. The number of nitrogens with one attached hydrogen (secondary N) is 2. The second-order valence-electron chi connectivity index (χ2n) is 5.37. The molecule has 2 N–H and O–H groups in total. The van der Waals surface area contributed by atoms with Crippen LogP contribution in [0.25, 0.3) is 0 Å². The van der Waals surface area contributed by atoms with E-state index in [2.05, 4.69) is 22.5 Å². The SMILES string of the molecule is CCCc1cc(C(=O)NC2CCSCC2)cc(NCC)n1. The maximum absolute atomic E-state index is 12.5. The van der Waals surface area contributed by atoms with Gasteiger partial charge in [0.05, 0.1) is 0 Å². The lowest BCUT2D eigenvalue weighted by Crippen LogP contribution is -2.37. The Morgan fingerprint density at radius 3 is 2.76 bits per heavy atom. The highest BCUT2D eigenvalue weighted by Gasteiger charge is 2.17. The van der Waals surface area contributed by atoms with E-state index in [0.717, 1.165) is 60.8 Å². The number of aromatic nitrogens is 1. The van der Waals surface area contributed by atoms with E-state index in [1.54, 1.807) is 0 Å². The Kier molecular flexibility index (Phi) is 6.36. The van der Waals surface area contributed by atoms with Crippen molar-refractivity contribution < 1.29 is 4.79 Å². The number of rotatable bonds is 6. The number of pyridine rings is 1. The molecule has 0 bridgehead atoms. The lowest BCUT2D eigenvalue weighted by molar-refractivity contribution is 0.0934. The molecule has 2 rings (SSSR count). The molecule has 0 aromatic carbocycles. The lowest BCUT2D eigenvalue weighted by atomic mass is 10.1. The monoisotopic (exact) mass is 307 g/mol. The van der Waals surface area contributed by atoms with Crippen molar-refractivity contribution in [2.45, 2.75) is 45.6 Å². The molecule has 1 fully saturated rings. The third-order valence-corrected chi connectivity index (χ3v) is 4.61. The van der Waals surface area contributed by atoms with Crippen LogP contribution in [0, 0.1) is 0 Å². The van der Waals surface area contributed by atoms with Gasteiger partial charge in [-0.15, -0.1) is 0 Å². The average Bonchev–Trinajstić information content (AvgIpc) is 2.49. The number of nitrogens with zero attached hydrogens (tertiary/aromatic N) is 1. The Bertz CT molecular complexity index is 448. The van der Waals surface area contributed by atoms with Crippen LogP contribution in [0.4, 0.5) is 5.82 Å². The molecular weight excluding hydrogens is 282 g/mol. The molecule has 2 heterocycles.